The number of aryl methyl sites for hydroxylation is 1. The van der Waals surface area contributed by atoms with Gasteiger partial charge in [0.15, 0.2) is 0 Å². The molecule has 0 aliphatic heterocycles. The van der Waals surface area contributed by atoms with Crippen molar-refractivity contribution in [2.24, 2.45) is 0 Å². The van der Waals surface area contributed by atoms with Gasteiger partial charge in [0.1, 0.15) is 0 Å². The molecule has 0 amide bonds. The summed E-state index contributed by atoms with van der Waals surface area (Å²) < 4.78 is 0. The molecule has 0 fully saturated rings. The van der Waals surface area contributed by atoms with E-state index in [0.29, 0.717) is 0 Å². The van der Waals surface area contributed by atoms with Crippen LogP contribution in [0.25, 0.3) is 0 Å². The zero-order chi connectivity index (χ0) is 10.7. The summed E-state index contributed by atoms with van der Waals surface area (Å²) in [5, 5.41) is 10.5. The first kappa shape index (κ1) is 10.7. The summed E-state index contributed by atoms with van der Waals surface area (Å²) in [6.07, 6.45) is 0. The normalized spacial score (nSPS) is 10.6. The van der Waals surface area contributed by atoms with E-state index in [-0.39, 0.29) is 10.6 Å². The zero-order valence-electron chi connectivity index (χ0n) is 8.65. The molecule has 1 rings (SSSR count). The van der Waals surface area contributed by atoms with E-state index >= 15 is 0 Å². The highest BCUT2D eigenvalue weighted by atomic mass is 16.6. The Bertz CT molecular complexity index is 348. The minimum atomic E-state index is -0.362. The van der Waals surface area contributed by atoms with Crippen molar-refractivity contribution >= 4 is 5.69 Å². The average Bonchev–Trinajstić information content (AvgIpc) is 2.07. The first-order valence-corrected chi connectivity index (χ1v) is 4.39. The predicted molar refractivity (Wildman–Crippen MR) is 55.2 cm³/mol. The van der Waals surface area contributed by atoms with Crippen molar-refractivity contribution in [2.45, 2.75) is 13.5 Å². The standard InChI is InChI=1S/C10H14N2O2/c1-8-4-5-10(12(13)14)6-9(8)7-11(2)3/h4-6H,7H2,1-3H3. The van der Waals surface area contributed by atoms with Crippen LogP contribution in [-0.4, -0.2) is 23.9 Å². The summed E-state index contributed by atoms with van der Waals surface area (Å²) in [6.45, 7) is 2.69. The fraction of sp³-hybridized carbons (Fsp3) is 0.400. The maximum Gasteiger partial charge on any atom is 0.269 e. The Morgan fingerprint density at radius 2 is 2.07 bits per heavy atom. The van der Waals surface area contributed by atoms with Crippen LogP contribution in [0.5, 0.6) is 0 Å². The summed E-state index contributed by atoms with van der Waals surface area (Å²) in [5.41, 5.74) is 2.25. The Morgan fingerprint density at radius 1 is 1.43 bits per heavy atom. The van der Waals surface area contributed by atoms with Gasteiger partial charge < -0.3 is 4.90 Å². The van der Waals surface area contributed by atoms with Gasteiger partial charge in [-0.05, 0) is 32.1 Å². The highest BCUT2D eigenvalue weighted by Crippen LogP contribution is 2.17. The molecule has 0 spiro atoms. The van der Waals surface area contributed by atoms with E-state index in [0.717, 1.165) is 17.7 Å². The molecular weight excluding hydrogens is 180 g/mol. The second-order valence-corrected chi connectivity index (χ2v) is 3.61. The number of hydrogen-bond donors (Lipinski definition) is 0. The third-order valence-electron chi connectivity index (χ3n) is 2.03. The minimum Gasteiger partial charge on any atom is -0.305 e. The van der Waals surface area contributed by atoms with Gasteiger partial charge in [0.2, 0.25) is 0 Å². The van der Waals surface area contributed by atoms with Gasteiger partial charge in [-0.2, -0.15) is 0 Å². The van der Waals surface area contributed by atoms with Crippen molar-refractivity contribution in [1.29, 1.82) is 0 Å². The number of nitrogens with zero attached hydrogens (tertiary/aromatic N) is 2. The van der Waals surface area contributed by atoms with Gasteiger partial charge in [-0.25, -0.2) is 0 Å². The fourth-order valence-electron chi connectivity index (χ4n) is 1.28. The van der Waals surface area contributed by atoms with E-state index in [2.05, 4.69) is 0 Å². The second kappa shape index (κ2) is 4.19. The van der Waals surface area contributed by atoms with E-state index in [1.165, 1.54) is 6.07 Å². The molecule has 0 N–H and O–H groups in total. The molecule has 0 atom stereocenters. The van der Waals surface area contributed by atoms with Gasteiger partial charge in [0, 0.05) is 18.7 Å². The van der Waals surface area contributed by atoms with E-state index < -0.39 is 0 Å². The molecule has 0 aromatic heterocycles. The van der Waals surface area contributed by atoms with Crippen LogP contribution in [0.1, 0.15) is 11.1 Å². The van der Waals surface area contributed by atoms with E-state index in [1.807, 2.05) is 25.9 Å². The van der Waals surface area contributed by atoms with Crippen molar-refractivity contribution < 1.29 is 4.92 Å². The third kappa shape index (κ3) is 2.53. The Morgan fingerprint density at radius 3 is 2.57 bits per heavy atom. The lowest BCUT2D eigenvalue weighted by atomic mass is 10.1. The quantitative estimate of drug-likeness (QED) is 0.546. The van der Waals surface area contributed by atoms with Crippen LogP contribution >= 0.6 is 0 Å². The first-order chi connectivity index (χ1) is 6.50. The lowest BCUT2D eigenvalue weighted by Crippen LogP contribution is -2.11. The molecule has 0 bridgehead atoms. The lowest BCUT2D eigenvalue weighted by molar-refractivity contribution is -0.384. The third-order valence-corrected chi connectivity index (χ3v) is 2.03. The van der Waals surface area contributed by atoms with Gasteiger partial charge >= 0.3 is 0 Å². The van der Waals surface area contributed by atoms with Crippen molar-refractivity contribution in [2.75, 3.05) is 14.1 Å². The number of rotatable bonds is 3. The fourth-order valence-corrected chi connectivity index (χ4v) is 1.28. The molecule has 4 heteroatoms. The molecule has 14 heavy (non-hydrogen) atoms. The van der Waals surface area contributed by atoms with Crippen molar-refractivity contribution in [3.05, 3.63) is 39.4 Å². The number of hydrogen-bond acceptors (Lipinski definition) is 3. The Balaban J connectivity index is 3.02. The summed E-state index contributed by atoms with van der Waals surface area (Å²) in [7, 11) is 3.89. The molecule has 1 aromatic rings. The van der Waals surface area contributed by atoms with E-state index in [4.69, 9.17) is 0 Å². The van der Waals surface area contributed by atoms with Crippen LogP contribution in [0.2, 0.25) is 0 Å². The van der Waals surface area contributed by atoms with Crippen molar-refractivity contribution in [3.63, 3.8) is 0 Å². The predicted octanol–water partition coefficient (Wildman–Crippen LogP) is 1.96. The van der Waals surface area contributed by atoms with Gasteiger partial charge in [-0.1, -0.05) is 6.07 Å². The molecular formula is C10H14N2O2. The Kier molecular flexibility index (Phi) is 3.19. The SMILES string of the molecule is Cc1ccc([N+](=O)[O-])cc1CN(C)C. The van der Waals surface area contributed by atoms with Gasteiger partial charge in [0.25, 0.3) is 5.69 Å². The molecule has 0 aliphatic rings. The molecule has 0 saturated heterocycles. The number of benzene rings is 1. The maximum atomic E-state index is 10.5. The van der Waals surface area contributed by atoms with Gasteiger partial charge in [-0.3, -0.25) is 10.1 Å². The minimum absolute atomic E-state index is 0.160. The van der Waals surface area contributed by atoms with Crippen LogP contribution in [0.3, 0.4) is 0 Å². The molecule has 1 aromatic carbocycles. The molecule has 76 valence electrons. The van der Waals surface area contributed by atoms with Crippen LogP contribution in [0.4, 0.5) is 5.69 Å². The summed E-state index contributed by atoms with van der Waals surface area (Å²) in [4.78, 5) is 12.2. The highest BCUT2D eigenvalue weighted by molar-refractivity contribution is 5.39. The first-order valence-electron chi connectivity index (χ1n) is 4.39. The summed E-state index contributed by atoms with van der Waals surface area (Å²) in [5.74, 6) is 0. The maximum absolute atomic E-state index is 10.5. The highest BCUT2D eigenvalue weighted by Gasteiger charge is 2.08. The van der Waals surface area contributed by atoms with E-state index in [9.17, 15) is 10.1 Å². The average molecular weight is 194 g/mol. The van der Waals surface area contributed by atoms with Crippen LogP contribution in [-0.2, 0) is 6.54 Å². The van der Waals surface area contributed by atoms with Gasteiger partial charge in [-0.15, -0.1) is 0 Å². The largest absolute Gasteiger partial charge is 0.305 e. The number of non-ortho nitro benzene ring substituents is 1. The van der Waals surface area contributed by atoms with Crippen LogP contribution < -0.4 is 0 Å². The molecule has 0 heterocycles. The molecule has 0 saturated carbocycles. The Labute approximate surface area is 83.3 Å². The lowest BCUT2D eigenvalue weighted by Gasteiger charge is -2.11. The van der Waals surface area contributed by atoms with Crippen molar-refractivity contribution in [1.82, 2.24) is 4.90 Å². The molecule has 0 radical (unpaired) electrons. The van der Waals surface area contributed by atoms with Crippen molar-refractivity contribution in [3.8, 4) is 0 Å². The van der Waals surface area contributed by atoms with Gasteiger partial charge in [0.05, 0.1) is 4.92 Å². The zero-order valence-corrected chi connectivity index (χ0v) is 8.65. The molecule has 0 aliphatic carbocycles. The smallest absolute Gasteiger partial charge is 0.269 e. The molecule has 4 nitrogen and oxygen atoms in total. The van der Waals surface area contributed by atoms with E-state index in [1.54, 1.807) is 12.1 Å². The summed E-state index contributed by atoms with van der Waals surface area (Å²) >= 11 is 0. The monoisotopic (exact) mass is 194 g/mol. The van der Waals surface area contributed by atoms with Crippen LogP contribution in [0, 0.1) is 17.0 Å². The second-order valence-electron chi connectivity index (χ2n) is 3.61. The molecule has 0 unspecified atom stereocenters. The van der Waals surface area contributed by atoms with Crippen LogP contribution in [0.15, 0.2) is 18.2 Å². The number of nitro benzene ring substituents is 1. The Hall–Kier alpha value is -1.42. The number of nitro groups is 1. The summed E-state index contributed by atoms with van der Waals surface area (Å²) in [6, 6.07) is 4.96. The topological polar surface area (TPSA) is 46.4 Å².